The number of carbonyl (C=O) groups is 1. The van der Waals surface area contributed by atoms with E-state index in [1.54, 1.807) is 12.1 Å². The van der Waals surface area contributed by atoms with E-state index in [2.05, 4.69) is 28.1 Å². The molecular weight excluding hydrogens is 360 g/mol. The van der Waals surface area contributed by atoms with Crippen LogP contribution >= 0.6 is 0 Å². The Bertz CT molecular complexity index is 958. The summed E-state index contributed by atoms with van der Waals surface area (Å²) in [5.41, 5.74) is 1.50. The molecule has 1 aliphatic carbocycles. The third kappa shape index (κ3) is 4.21. The van der Waals surface area contributed by atoms with Crippen LogP contribution in [-0.4, -0.2) is 27.4 Å². The topological polar surface area (TPSA) is 75.3 Å². The van der Waals surface area contributed by atoms with Crippen molar-refractivity contribution in [3.8, 4) is 12.3 Å². The summed E-state index contributed by atoms with van der Waals surface area (Å²) in [5, 5.41) is 2.98. The number of amides is 1. The van der Waals surface area contributed by atoms with E-state index in [0.717, 1.165) is 19.3 Å². The maximum absolute atomic E-state index is 12.6. The lowest BCUT2D eigenvalue weighted by atomic mass is 9.64. The van der Waals surface area contributed by atoms with Crippen LogP contribution in [0.4, 0.5) is 0 Å². The summed E-state index contributed by atoms with van der Waals surface area (Å²) < 4.78 is 26.7. The molecule has 0 aliphatic heterocycles. The molecule has 2 N–H and O–H groups in total. The van der Waals surface area contributed by atoms with Crippen LogP contribution in [0.2, 0.25) is 0 Å². The predicted molar refractivity (Wildman–Crippen MR) is 105 cm³/mol. The molecule has 0 radical (unpaired) electrons. The van der Waals surface area contributed by atoms with Gasteiger partial charge in [0.15, 0.2) is 0 Å². The second-order valence-electron chi connectivity index (χ2n) is 6.74. The first-order chi connectivity index (χ1) is 13.0. The summed E-state index contributed by atoms with van der Waals surface area (Å²) in [7, 11) is -3.73. The Hall–Kier alpha value is -2.62. The van der Waals surface area contributed by atoms with Crippen molar-refractivity contribution in [3.63, 3.8) is 0 Å². The molecule has 2 aromatic carbocycles. The van der Waals surface area contributed by atoms with Crippen molar-refractivity contribution in [1.82, 2.24) is 10.0 Å². The van der Waals surface area contributed by atoms with Crippen molar-refractivity contribution in [2.75, 3.05) is 13.1 Å². The molecule has 0 unspecified atom stereocenters. The van der Waals surface area contributed by atoms with Gasteiger partial charge in [0.25, 0.3) is 5.91 Å². The minimum atomic E-state index is -3.73. The van der Waals surface area contributed by atoms with Gasteiger partial charge in [-0.25, -0.2) is 8.42 Å². The monoisotopic (exact) mass is 382 g/mol. The molecule has 27 heavy (non-hydrogen) atoms. The van der Waals surface area contributed by atoms with Crippen LogP contribution < -0.4 is 10.0 Å². The van der Waals surface area contributed by atoms with Crippen molar-refractivity contribution < 1.29 is 13.2 Å². The lowest BCUT2D eigenvalue weighted by Crippen LogP contribution is -2.45. The smallest absolute Gasteiger partial charge is 0.251 e. The average molecular weight is 382 g/mol. The van der Waals surface area contributed by atoms with E-state index >= 15 is 0 Å². The first kappa shape index (κ1) is 19.2. The molecular formula is C21H22N2O3S. The van der Waals surface area contributed by atoms with Gasteiger partial charge < -0.3 is 5.32 Å². The Balaban J connectivity index is 1.72. The van der Waals surface area contributed by atoms with E-state index in [4.69, 9.17) is 6.42 Å². The molecule has 0 atom stereocenters. The van der Waals surface area contributed by atoms with Gasteiger partial charge in [0.05, 0.1) is 11.4 Å². The Kier molecular flexibility index (Phi) is 5.64. The molecule has 0 aromatic heterocycles. The number of nitrogens with one attached hydrogen (secondary N) is 2. The summed E-state index contributed by atoms with van der Waals surface area (Å²) in [5.74, 6) is 1.94. The number of hydrogen-bond acceptors (Lipinski definition) is 3. The number of hydrogen-bond donors (Lipinski definition) is 2. The summed E-state index contributed by atoms with van der Waals surface area (Å²) in [6, 6.07) is 16.1. The molecule has 0 heterocycles. The third-order valence-corrected chi connectivity index (χ3v) is 6.45. The third-order valence-electron chi connectivity index (χ3n) is 5.05. The fraction of sp³-hybridized carbons (Fsp3) is 0.286. The zero-order valence-corrected chi connectivity index (χ0v) is 15.8. The molecule has 1 saturated carbocycles. The van der Waals surface area contributed by atoms with Crippen molar-refractivity contribution >= 4 is 15.9 Å². The first-order valence-corrected chi connectivity index (χ1v) is 10.3. The highest BCUT2D eigenvalue weighted by Crippen LogP contribution is 2.43. The molecule has 140 valence electrons. The van der Waals surface area contributed by atoms with E-state index in [1.807, 2.05) is 18.2 Å². The van der Waals surface area contributed by atoms with Gasteiger partial charge in [0.1, 0.15) is 0 Å². The summed E-state index contributed by atoms with van der Waals surface area (Å²) >= 11 is 0. The quantitative estimate of drug-likeness (QED) is 0.723. The van der Waals surface area contributed by atoms with Crippen LogP contribution in [0.5, 0.6) is 0 Å². The zero-order valence-electron chi connectivity index (χ0n) is 14.9. The number of terminal acetylenes is 1. The molecule has 3 rings (SSSR count). The average Bonchev–Trinajstić information content (AvgIpc) is 2.66. The minimum absolute atomic E-state index is 0.0202. The highest BCUT2D eigenvalue weighted by molar-refractivity contribution is 7.89. The lowest BCUT2D eigenvalue weighted by molar-refractivity contribution is 0.0927. The number of sulfonamides is 1. The molecule has 1 fully saturated rings. The summed E-state index contributed by atoms with van der Waals surface area (Å²) in [4.78, 5) is 12.6. The van der Waals surface area contributed by atoms with Gasteiger partial charge in [-0.15, -0.1) is 6.42 Å². The fourth-order valence-corrected chi connectivity index (χ4v) is 4.32. The molecule has 5 nitrogen and oxygen atoms in total. The molecule has 0 saturated heterocycles. The van der Waals surface area contributed by atoms with Gasteiger partial charge in [-0.1, -0.05) is 48.7 Å². The number of carbonyl (C=O) groups excluding carboxylic acids is 1. The van der Waals surface area contributed by atoms with Crippen molar-refractivity contribution in [3.05, 3.63) is 65.7 Å². The number of benzene rings is 2. The van der Waals surface area contributed by atoms with Crippen LogP contribution in [0.25, 0.3) is 0 Å². The van der Waals surface area contributed by atoms with Gasteiger partial charge in [0, 0.05) is 17.5 Å². The van der Waals surface area contributed by atoms with Crippen LogP contribution in [0.3, 0.4) is 0 Å². The maximum atomic E-state index is 12.6. The van der Waals surface area contributed by atoms with E-state index in [0.29, 0.717) is 12.1 Å². The number of rotatable bonds is 7. The van der Waals surface area contributed by atoms with Crippen LogP contribution in [-0.2, 0) is 15.4 Å². The Morgan fingerprint density at radius 2 is 1.85 bits per heavy atom. The van der Waals surface area contributed by atoms with Crippen molar-refractivity contribution in [2.24, 2.45) is 0 Å². The fourth-order valence-electron chi connectivity index (χ4n) is 3.34. The summed E-state index contributed by atoms with van der Waals surface area (Å²) in [6.45, 7) is 0.431. The minimum Gasteiger partial charge on any atom is -0.351 e. The Labute approximate surface area is 160 Å². The van der Waals surface area contributed by atoms with Gasteiger partial charge in [-0.3, -0.25) is 4.79 Å². The molecule has 0 bridgehead atoms. The SMILES string of the molecule is C#CCNS(=O)(=O)c1cccc(C(=O)NCC2(c3ccccc3)CCC2)c1. The summed E-state index contributed by atoms with van der Waals surface area (Å²) in [6.07, 6.45) is 8.29. The van der Waals surface area contributed by atoms with Crippen molar-refractivity contribution in [2.45, 2.75) is 29.6 Å². The van der Waals surface area contributed by atoms with Gasteiger partial charge >= 0.3 is 0 Å². The van der Waals surface area contributed by atoms with Crippen LogP contribution in [0.15, 0.2) is 59.5 Å². The van der Waals surface area contributed by atoms with Gasteiger partial charge in [-0.2, -0.15) is 4.72 Å². The molecule has 1 aliphatic rings. The second kappa shape index (κ2) is 7.95. The molecule has 6 heteroatoms. The van der Waals surface area contributed by atoms with Gasteiger partial charge in [-0.05, 0) is 36.6 Å². The maximum Gasteiger partial charge on any atom is 0.251 e. The highest BCUT2D eigenvalue weighted by atomic mass is 32.2. The van der Waals surface area contributed by atoms with Gasteiger partial charge in [0.2, 0.25) is 10.0 Å². The van der Waals surface area contributed by atoms with E-state index in [-0.39, 0.29) is 22.8 Å². The Morgan fingerprint density at radius 1 is 1.11 bits per heavy atom. The van der Waals surface area contributed by atoms with E-state index < -0.39 is 10.0 Å². The Morgan fingerprint density at radius 3 is 2.48 bits per heavy atom. The van der Waals surface area contributed by atoms with Crippen LogP contribution in [0, 0.1) is 12.3 Å². The largest absolute Gasteiger partial charge is 0.351 e. The van der Waals surface area contributed by atoms with E-state index in [1.165, 1.54) is 17.7 Å². The molecule has 1 amide bonds. The highest BCUT2D eigenvalue weighted by Gasteiger charge is 2.38. The predicted octanol–water partition coefficient (Wildman–Crippen LogP) is 2.45. The lowest BCUT2D eigenvalue weighted by Gasteiger charge is -2.42. The standard InChI is InChI=1S/C21H22N2O3S/c1-2-14-23-27(25,26)19-11-6-8-17(15-19)20(24)22-16-21(12-7-13-21)18-9-4-3-5-10-18/h1,3-6,8-11,15,23H,7,12-14,16H2,(H,22,24). The second-order valence-corrected chi connectivity index (χ2v) is 8.51. The zero-order chi connectivity index (χ0) is 19.3. The molecule has 0 spiro atoms. The molecule has 2 aromatic rings. The normalized spacial score (nSPS) is 15.4. The van der Waals surface area contributed by atoms with Crippen molar-refractivity contribution in [1.29, 1.82) is 0 Å². The van der Waals surface area contributed by atoms with Crippen LogP contribution in [0.1, 0.15) is 35.2 Å². The first-order valence-electron chi connectivity index (χ1n) is 8.84. The van der Waals surface area contributed by atoms with E-state index in [9.17, 15) is 13.2 Å².